The number of furan rings is 1. The van der Waals surface area contributed by atoms with Crippen LogP contribution in [-0.2, 0) is 16.1 Å². The number of benzene rings is 1. The van der Waals surface area contributed by atoms with Crippen LogP contribution in [0.2, 0.25) is 0 Å². The van der Waals surface area contributed by atoms with Crippen LogP contribution in [0.15, 0.2) is 47.1 Å². The first kappa shape index (κ1) is 20.1. The minimum atomic E-state index is -1.82. The average Bonchev–Trinajstić information content (AvgIpc) is 3.17. The number of piperazine rings is 1. The summed E-state index contributed by atoms with van der Waals surface area (Å²) in [4.78, 5) is 34.3. The van der Waals surface area contributed by atoms with E-state index in [0.29, 0.717) is 25.4 Å². The molecule has 0 radical (unpaired) electrons. The third-order valence-electron chi connectivity index (χ3n) is 3.87. The highest BCUT2D eigenvalue weighted by atomic mass is 19.1. The number of carboxylic acids is 2. The van der Waals surface area contributed by atoms with Gasteiger partial charge in [-0.1, -0.05) is 12.1 Å². The number of carbonyl (C=O) groups is 3. The number of aliphatic carboxylic acids is 2. The lowest BCUT2D eigenvalue weighted by molar-refractivity contribution is -0.159. The standard InChI is InChI=1S/C16H17FN2O2.C2H2O4/c17-14-4-1-3-13(11-14)12-18-6-8-19(9-7-18)16(20)15-5-2-10-21-15;3-1(4)2(5)6/h1-5,10-11H,6-9,12H2;(H,3,4)(H,5,6). The first-order valence-corrected chi connectivity index (χ1v) is 8.12. The van der Waals surface area contributed by atoms with Gasteiger partial charge in [0, 0.05) is 32.7 Å². The molecule has 1 aliphatic heterocycles. The zero-order valence-electron chi connectivity index (χ0n) is 14.4. The SMILES string of the molecule is O=C(O)C(=O)O.O=C(c1ccco1)N1CCN(Cc2cccc(F)c2)CC1. The second kappa shape index (κ2) is 9.48. The van der Waals surface area contributed by atoms with E-state index in [0.717, 1.165) is 18.7 Å². The molecule has 0 spiro atoms. The molecule has 1 aromatic heterocycles. The summed E-state index contributed by atoms with van der Waals surface area (Å²) >= 11 is 0. The fourth-order valence-corrected chi connectivity index (χ4v) is 2.56. The fourth-order valence-electron chi connectivity index (χ4n) is 2.56. The van der Waals surface area contributed by atoms with Crippen LogP contribution in [0.25, 0.3) is 0 Å². The second-order valence-corrected chi connectivity index (χ2v) is 5.79. The van der Waals surface area contributed by atoms with E-state index in [1.165, 1.54) is 12.3 Å². The molecule has 0 unspecified atom stereocenters. The molecular weight excluding hydrogens is 359 g/mol. The van der Waals surface area contributed by atoms with Gasteiger partial charge in [-0.2, -0.15) is 0 Å². The Morgan fingerprint density at radius 3 is 2.19 bits per heavy atom. The molecule has 0 bridgehead atoms. The van der Waals surface area contributed by atoms with Crippen molar-refractivity contribution in [2.75, 3.05) is 26.2 Å². The number of hydrogen-bond donors (Lipinski definition) is 2. The van der Waals surface area contributed by atoms with Crippen LogP contribution < -0.4 is 0 Å². The number of carboxylic acid groups (broad SMARTS) is 2. The minimum absolute atomic E-state index is 0.0644. The summed E-state index contributed by atoms with van der Waals surface area (Å²) in [5, 5.41) is 14.8. The van der Waals surface area contributed by atoms with E-state index >= 15 is 0 Å². The van der Waals surface area contributed by atoms with Gasteiger partial charge in [0.05, 0.1) is 6.26 Å². The molecule has 1 amide bonds. The molecule has 0 saturated carbocycles. The molecule has 144 valence electrons. The van der Waals surface area contributed by atoms with E-state index in [-0.39, 0.29) is 11.7 Å². The molecule has 0 atom stereocenters. The molecule has 27 heavy (non-hydrogen) atoms. The molecule has 9 heteroatoms. The van der Waals surface area contributed by atoms with Crippen LogP contribution in [0.5, 0.6) is 0 Å². The van der Waals surface area contributed by atoms with Gasteiger partial charge in [0.15, 0.2) is 5.76 Å². The molecule has 3 rings (SSSR count). The van der Waals surface area contributed by atoms with E-state index in [9.17, 15) is 9.18 Å². The summed E-state index contributed by atoms with van der Waals surface area (Å²) in [7, 11) is 0. The Bertz CT molecular complexity index is 773. The molecule has 1 fully saturated rings. The molecule has 1 saturated heterocycles. The molecule has 2 aromatic rings. The molecule has 1 aliphatic rings. The van der Waals surface area contributed by atoms with E-state index in [2.05, 4.69) is 4.90 Å². The quantitative estimate of drug-likeness (QED) is 0.779. The summed E-state index contributed by atoms with van der Waals surface area (Å²) in [6, 6.07) is 10.0. The van der Waals surface area contributed by atoms with Gasteiger partial charge in [0.25, 0.3) is 5.91 Å². The molecule has 8 nitrogen and oxygen atoms in total. The van der Waals surface area contributed by atoms with Gasteiger partial charge in [0.1, 0.15) is 5.82 Å². The van der Waals surface area contributed by atoms with Crippen molar-refractivity contribution in [2.45, 2.75) is 6.54 Å². The maximum Gasteiger partial charge on any atom is 0.414 e. The Kier molecular flexibility index (Phi) is 7.07. The van der Waals surface area contributed by atoms with Gasteiger partial charge in [-0.15, -0.1) is 0 Å². The summed E-state index contributed by atoms with van der Waals surface area (Å²) in [5.74, 6) is -3.54. The number of rotatable bonds is 3. The number of nitrogens with zero attached hydrogens (tertiary/aromatic N) is 2. The van der Waals surface area contributed by atoms with E-state index in [1.807, 2.05) is 6.07 Å². The molecule has 2 N–H and O–H groups in total. The van der Waals surface area contributed by atoms with Crippen molar-refractivity contribution in [1.82, 2.24) is 9.80 Å². The Hall–Kier alpha value is -3.20. The Balaban J connectivity index is 0.000000380. The van der Waals surface area contributed by atoms with Crippen LogP contribution in [-0.4, -0.2) is 64.0 Å². The van der Waals surface area contributed by atoms with Crippen molar-refractivity contribution in [3.8, 4) is 0 Å². The van der Waals surface area contributed by atoms with Gasteiger partial charge in [-0.3, -0.25) is 9.69 Å². The van der Waals surface area contributed by atoms with Crippen molar-refractivity contribution >= 4 is 17.8 Å². The minimum Gasteiger partial charge on any atom is -0.473 e. The first-order valence-electron chi connectivity index (χ1n) is 8.12. The third kappa shape index (κ3) is 6.23. The topological polar surface area (TPSA) is 111 Å². The van der Waals surface area contributed by atoms with Gasteiger partial charge in [0.2, 0.25) is 0 Å². The predicted octanol–water partition coefficient (Wildman–Crippen LogP) is 1.53. The highest BCUT2D eigenvalue weighted by molar-refractivity contribution is 6.27. The van der Waals surface area contributed by atoms with Crippen LogP contribution in [0.4, 0.5) is 4.39 Å². The fraction of sp³-hybridized carbons (Fsp3) is 0.278. The van der Waals surface area contributed by atoms with Crippen molar-refractivity contribution in [2.24, 2.45) is 0 Å². The Morgan fingerprint density at radius 1 is 1.00 bits per heavy atom. The lowest BCUT2D eigenvalue weighted by Crippen LogP contribution is -2.48. The van der Waals surface area contributed by atoms with Gasteiger partial charge < -0.3 is 19.5 Å². The summed E-state index contributed by atoms with van der Waals surface area (Å²) in [6.45, 7) is 3.59. The maximum atomic E-state index is 13.2. The molecule has 1 aromatic carbocycles. The van der Waals surface area contributed by atoms with Crippen LogP contribution in [0.1, 0.15) is 16.1 Å². The highest BCUT2D eigenvalue weighted by Gasteiger charge is 2.23. The highest BCUT2D eigenvalue weighted by Crippen LogP contribution is 2.12. The summed E-state index contributed by atoms with van der Waals surface area (Å²) in [5.41, 5.74) is 0.959. The zero-order chi connectivity index (χ0) is 19.8. The van der Waals surface area contributed by atoms with Crippen LogP contribution in [0, 0.1) is 5.82 Å². The number of halogens is 1. The van der Waals surface area contributed by atoms with Gasteiger partial charge >= 0.3 is 11.9 Å². The average molecular weight is 378 g/mol. The Morgan fingerprint density at radius 2 is 1.67 bits per heavy atom. The van der Waals surface area contributed by atoms with Crippen LogP contribution >= 0.6 is 0 Å². The zero-order valence-corrected chi connectivity index (χ0v) is 14.4. The van der Waals surface area contributed by atoms with Gasteiger partial charge in [-0.05, 0) is 29.8 Å². The monoisotopic (exact) mass is 378 g/mol. The van der Waals surface area contributed by atoms with E-state index in [1.54, 1.807) is 29.2 Å². The maximum absolute atomic E-state index is 13.2. The third-order valence-corrected chi connectivity index (χ3v) is 3.87. The normalized spacial score (nSPS) is 14.2. The smallest absolute Gasteiger partial charge is 0.414 e. The molecule has 0 aliphatic carbocycles. The first-order chi connectivity index (χ1) is 12.9. The molecule has 2 heterocycles. The van der Waals surface area contributed by atoms with Crippen molar-refractivity contribution < 1.29 is 33.4 Å². The Labute approximate surface area is 154 Å². The second-order valence-electron chi connectivity index (χ2n) is 5.79. The number of hydrogen-bond acceptors (Lipinski definition) is 5. The largest absolute Gasteiger partial charge is 0.473 e. The summed E-state index contributed by atoms with van der Waals surface area (Å²) in [6.07, 6.45) is 1.51. The lowest BCUT2D eigenvalue weighted by atomic mass is 10.2. The van der Waals surface area contributed by atoms with Crippen LogP contribution in [0.3, 0.4) is 0 Å². The summed E-state index contributed by atoms with van der Waals surface area (Å²) < 4.78 is 18.3. The van der Waals surface area contributed by atoms with Crippen molar-refractivity contribution in [1.29, 1.82) is 0 Å². The number of carbonyl (C=O) groups excluding carboxylic acids is 1. The van der Waals surface area contributed by atoms with E-state index in [4.69, 9.17) is 24.2 Å². The lowest BCUT2D eigenvalue weighted by Gasteiger charge is -2.34. The predicted molar refractivity (Wildman–Crippen MR) is 91.6 cm³/mol. The number of amides is 1. The van der Waals surface area contributed by atoms with Crippen molar-refractivity contribution in [3.05, 3.63) is 59.8 Å². The molecular formula is C18H19FN2O6. The van der Waals surface area contributed by atoms with E-state index < -0.39 is 11.9 Å². The van der Waals surface area contributed by atoms with Crippen molar-refractivity contribution in [3.63, 3.8) is 0 Å². The van der Waals surface area contributed by atoms with Gasteiger partial charge in [-0.25, -0.2) is 14.0 Å².